The van der Waals surface area contributed by atoms with E-state index < -0.39 is 24.8 Å². The van der Waals surface area contributed by atoms with Crippen LogP contribution in [0, 0.1) is 0 Å². The standard InChI is InChI=1S/C13H17F2NO5/c1-3-9-8(13(18)19)6-10(21-9)12(17)16(4-5-20-2)7-11(14)15/h6,11H,3-5,7H2,1-2H3,(H,18,19). The summed E-state index contributed by atoms with van der Waals surface area (Å²) < 4.78 is 35.0. The van der Waals surface area contributed by atoms with E-state index in [1.165, 1.54) is 7.11 Å². The van der Waals surface area contributed by atoms with E-state index in [1.807, 2.05) is 0 Å². The molecule has 1 heterocycles. The largest absolute Gasteiger partial charge is 0.478 e. The van der Waals surface area contributed by atoms with Crippen molar-refractivity contribution in [3.8, 4) is 0 Å². The molecule has 0 radical (unpaired) electrons. The molecule has 6 nitrogen and oxygen atoms in total. The first-order chi connectivity index (χ1) is 9.90. The average Bonchev–Trinajstić information content (AvgIpc) is 2.86. The van der Waals surface area contributed by atoms with Gasteiger partial charge in [0.2, 0.25) is 0 Å². The monoisotopic (exact) mass is 305 g/mol. The Balaban J connectivity index is 2.99. The third kappa shape index (κ3) is 4.52. The highest BCUT2D eigenvalue weighted by Gasteiger charge is 2.25. The number of carbonyl (C=O) groups is 2. The molecule has 0 atom stereocenters. The van der Waals surface area contributed by atoms with Crippen molar-refractivity contribution in [1.29, 1.82) is 0 Å². The number of alkyl halides is 2. The van der Waals surface area contributed by atoms with Crippen molar-refractivity contribution in [2.45, 2.75) is 19.8 Å². The van der Waals surface area contributed by atoms with Crippen LogP contribution in [0.25, 0.3) is 0 Å². The molecule has 0 unspecified atom stereocenters. The number of ether oxygens (including phenoxy) is 1. The number of hydrogen-bond donors (Lipinski definition) is 1. The Kier molecular flexibility index (Phi) is 6.29. The maximum atomic E-state index is 12.5. The molecule has 1 amide bonds. The van der Waals surface area contributed by atoms with Gasteiger partial charge in [-0.15, -0.1) is 0 Å². The highest BCUT2D eigenvalue weighted by Crippen LogP contribution is 2.18. The summed E-state index contributed by atoms with van der Waals surface area (Å²) in [4.78, 5) is 24.0. The van der Waals surface area contributed by atoms with Gasteiger partial charge >= 0.3 is 5.97 Å². The number of carboxylic acids is 1. The minimum Gasteiger partial charge on any atom is -0.478 e. The van der Waals surface area contributed by atoms with Gasteiger partial charge in [0.15, 0.2) is 5.76 Å². The molecule has 0 aliphatic rings. The normalized spacial score (nSPS) is 10.9. The lowest BCUT2D eigenvalue weighted by atomic mass is 10.2. The van der Waals surface area contributed by atoms with E-state index in [1.54, 1.807) is 6.92 Å². The molecular formula is C13H17F2NO5. The molecule has 0 saturated heterocycles. The molecule has 0 saturated carbocycles. The smallest absolute Gasteiger partial charge is 0.339 e. The summed E-state index contributed by atoms with van der Waals surface area (Å²) in [5.74, 6) is -2.14. The first-order valence-electron chi connectivity index (χ1n) is 6.33. The lowest BCUT2D eigenvalue weighted by Gasteiger charge is -2.20. The number of carboxylic acid groups (broad SMARTS) is 1. The van der Waals surface area contributed by atoms with E-state index in [-0.39, 0.29) is 36.7 Å². The summed E-state index contributed by atoms with van der Waals surface area (Å²) in [6, 6.07) is 1.06. The molecule has 1 aromatic rings. The van der Waals surface area contributed by atoms with Crippen LogP contribution in [0.5, 0.6) is 0 Å². The molecule has 0 fully saturated rings. The van der Waals surface area contributed by atoms with E-state index >= 15 is 0 Å². The molecule has 1 rings (SSSR count). The summed E-state index contributed by atoms with van der Waals surface area (Å²) in [7, 11) is 1.38. The maximum absolute atomic E-state index is 12.5. The van der Waals surface area contributed by atoms with Crippen molar-refractivity contribution < 1.29 is 32.6 Å². The molecule has 0 spiro atoms. The maximum Gasteiger partial charge on any atom is 0.339 e. The number of aromatic carboxylic acids is 1. The molecule has 0 aliphatic carbocycles. The van der Waals surface area contributed by atoms with Crippen molar-refractivity contribution in [3.05, 3.63) is 23.2 Å². The molecule has 21 heavy (non-hydrogen) atoms. The summed E-state index contributed by atoms with van der Waals surface area (Å²) in [5.41, 5.74) is -0.135. The van der Waals surface area contributed by atoms with Crippen molar-refractivity contribution in [2.75, 3.05) is 26.8 Å². The average molecular weight is 305 g/mol. The van der Waals surface area contributed by atoms with Gasteiger partial charge < -0.3 is 19.2 Å². The van der Waals surface area contributed by atoms with Crippen molar-refractivity contribution in [2.24, 2.45) is 0 Å². The van der Waals surface area contributed by atoms with Gasteiger partial charge in [-0.3, -0.25) is 4.79 Å². The third-order valence-corrected chi connectivity index (χ3v) is 2.78. The van der Waals surface area contributed by atoms with Crippen LogP contribution >= 0.6 is 0 Å². The molecular weight excluding hydrogens is 288 g/mol. The SMILES string of the molecule is CCc1oc(C(=O)N(CCOC)CC(F)F)cc1C(=O)O. The predicted molar refractivity (Wildman–Crippen MR) is 68.8 cm³/mol. The third-order valence-electron chi connectivity index (χ3n) is 2.78. The number of aryl methyl sites for hydroxylation is 1. The number of carbonyl (C=O) groups excluding carboxylic acids is 1. The van der Waals surface area contributed by atoms with Crippen LogP contribution in [-0.4, -0.2) is 55.1 Å². The fourth-order valence-corrected chi connectivity index (χ4v) is 1.78. The van der Waals surface area contributed by atoms with Crippen molar-refractivity contribution in [1.82, 2.24) is 4.90 Å². The molecule has 0 aromatic carbocycles. The number of amides is 1. The van der Waals surface area contributed by atoms with Crippen molar-refractivity contribution >= 4 is 11.9 Å². The number of halogens is 2. The Morgan fingerprint density at radius 1 is 1.48 bits per heavy atom. The Morgan fingerprint density at radius 2 is 2.14 bits per heavy atom. The van der Waals surface area contributed by atoms with Crippen LogP contribution in [0.2, 0.25) is 0 Å². The number of methoxy groups -OCH3 is 1. The van der Waals surface area contributed by atoms with Gasteiger partial charge in [0.25, 0.3) is 12.3 Å². The summed E-state index contributed by atoms with van der Waals surface area (Å²) in [5, 5.41) is 8.99. The van der Waals surface area contributed by atoms with E-state index in [0.717, 1.165) is 11.0 Å². The van der Waals surface area contributed by atoms with E-state index in [0.29, 0.717) is 0 Å². The van der Waals surface area contributed by atoms with Gasteiger partial charge in [-0.1, -0.05) is 6.92 Å². The van der Waals surface area contributed by atoms with Gasteiger partial charge in [0.1, 0.15) is 11.3 Å². The Labute approximate surface area is 120 Å². The zero-order valence-corrected chi connectivity index (χ0v) is 11.8. The zero-order chi connectivity index (χ0) is 16.0. The predicted octanol–water partition coefficient (Wildman–Crippen LogP) is 1.89. The second-order valence-corrected chi connectivity index (χ2v) is 4.24. The highest BCUT2D eigenvalue weighted by atomic mass is 19.3. The second-order valence-electron chi connectivity index (χ2n) is 4.24. The van der Waals surface area contributed by atoms with E-state index in [4.69, 9.17) is 14.3 Å². The summed E-state index contributed by atoms with van der Waals surface area (Å²) in [6.45, 7) is 0.948. The zero-order valence-electron chi connectivity index (χ0n) is 11.8. The van der Waals surface area contributed by atoms with Gasteiger partial charge in [0, 0.05) is 26.1 Å². The van der Waals surface area contributed by atoms with Crippen LogP contribution in [0.1, 0.15) is 33.6 Å². The number of furan rings is 1. The number of rotatable bonds is 8. The molecule has 1 aromatic heterocycles. The van der Waals surface area contributed by atoms with Crippen LogP contribution in [0.4, 0.5) is 8.78 Å². The highest BCUT2D eigenvalue weighted by molar-refractivity contribution is 5.96. The van der Waals surface area contributed by atoms with Crippen LogP contribution in [0.3, 0.4) is 0 Å². The topological polar surface area (TPSA) is 80.0 Å². The Morgan fingerprint density at radius 3 is 2.57 bits per heavy atom. The van der Waals surface area contributed by atoms with Crippen LogP contribution in [0.15, 0.2) is 10.5 Å². The first-order valence-corrected chi connectivity index (χ1v) is 6.33. The van der Waals surface area contributed by atoms with E-state index in [2.05, 4.69) is 0 Å². The fraction of sp³-hybridized carbons (Fsp3) is 0.538. The second kappa shape index (κ2) is 7.72. The molecule has 118 valence electrons. The minimum absolute atomic E-state index is 0.0375. The van der Waals surface area contributed by atoms with Gasteiger partial charge in [-0.05, 0) is 0 Å². The van der Waals surface area contributed by atoms with Gasteiger partial charge in [0.05, 0.1) is 13.2 Å². The lowest BCUT2D eigenvalue weighted by molar-refractivity contribution is 0.0452. The molecule has 0 bridgehead atoms. The fourth-order valence-electron chi connectivity index (χ4n) is 1.78. The van der Waals surface area contributed by atoms with Crippen molar-refractivity contribution in [3.63, 3.8) is 0 Å². The first kappa shape index (κ1) is 17.1. The number of hydrogen-bond acceptors (Lipinski definition) is 4. The summed E-state index contributed by atoms with van der Waals surface area (Å²) in [6.07, 6.45) is -2.42. The van der Waals surface area contributed by atoms with E-state index in [9.17, 15) is 18.4 Å². The van der Waals surface area contributed by atoms with Gasteiger partial charge in [-0.25, -0.2) is 13.6 Å². The molecule has 1 N–H and O–H groups in total. The summed E-state index contributed by atoms with van der Waals surface area (Å²) >= 11 is 0. The number of nitrogens with zero attached hydrogens (tertiary/aromatic N) is 1. The minimum atomic E-state index is -2.70. The Bertz CT molecular complexity index is 501. The lowest BCUT2D eigenvalue weighted by Crippen LogP contribution is -2.37. The van der Waals surface area contributed by atoms with Gasteiger partial charge in [-0.2, -0.15) is 0 Å². The quantitative estimate of drug-likeness (QED) is 0.793. The Hall–Kier alpha value is -1.96. The molecule has 8 heteroatoms. The van der Waals surface area contributed by atoms with Crippen LogP contribution in [-0.2, 0) is 11.2 Å². The van der Waals surface area contributed by atoms with Crippen LogP contribution < -0.4 is 0 Å². The molecule has 0 aliphatic heterocycles.